The Morgan fingerprint density at radius 2 is 1.70 bits per heavy atom. The van der Waals surface area contributed by atoms with Crippen LogP contribution in [0.1, 0.15) is 47.0 Å². The summed E-state index contributed by atoms with van der Waals surface area (Å²) < 4.78 is 5.93. The van der Waals surface area contributed by atoms with Crippen LogP contribution >= 0.6 is 0 Å². The van der Waals surface area contributed by atoms with Gasteiger partial charge in [0.1, 0.15) is 11.3 Å². The van der Waals surface area contributed by atoms with Crippen molar-refractivity contribution in [1.29, 1.82) is 0 Å². The molecular formula is C24H24N2O4. The van der Waals surface area contributed by atoms with Crippen LogP contribution in [0.15, 0.2) is 52.9 Å². The maximum Gasteiger partial charge on any atom is 0.253 e. The molecule has 0 N–H and O–H groups in total. The van der Waals surface area contributed by atoms with Crippen molar-refractivity contribution in [2.24, 2.45) is 0 Å². The topological polar surface area (TPSA) is 70.8 Å². The van der Waals surface area contributed by atoms with Crippen LogP contribution in [0, 0.1) is 0 Å². The lowest BCUT2D eigenvalue weighted by Crippen LogP contribution is -2.28. The summed E-state index contributed by atoms with van der Waals surface area (Å²) in [6.07, 6.45) is 1.32. The molecule has 0 radical (unpaired) electrons. The molecule has 0 atom stereocenters. The Morgan fingerprint density at radius 1 is 1.03 bits per heavy atom. The zero-order chi connectivity index (χ0) is 21.3. The number of benzene rings is 2. The van der Waals surface area contributed by atoms with Gasteiger partial charge in [-0.05, 0) is 23.8 Å². The van der Waals surface area contributed by atoms with Crippen molar-refractivity contribution in [3.8, 4) is 0 Å². The molecule has 1 aromatic heterocycles. The van der Waals surface area contributed by atoms with Crippen molar-refractivity contribution in [3.05, 3.63) is 71.0 Å². The van der Waals surface area contributed by atoms with Gasteiger partial charge in [-0.2, -0.15) is 0 Å². The van der Waals surface area contributed by atoms with Crippen LogP contribution in [0.4, 0.5) is 0 Å². The highest BCUT2D eigenvalue weighted by molar-refractivity contribution is 6.01. The number of fused-ring (bicyclic) bond motifs is 1. The number of rotatable bonds is 6. The fourth-order valence-electron chi connectivity index (χ4n) is 3.87. The largest absolute Gasteiger partial charge is 0.461 e. The lowest BCUT2D eigenvalue weighted by atomic mass is 10.1. The highest BCUT2D eigenvalue weighted by atomic mass is 16.3. The first kappa shape index (κ1) is 19.9. The van der Waals surface area contributed by atoms with Gasteiger partial charge in [-0.25, -0.2) is 0 Å². The van der Waals surface area contributed by atoms with E-state index in [9.17, 15) is 14.4 Å². The number of amides is 3. The van der Waals surface area contributed by atoms with E-state index in [0.29, 0.717) is 12.1 Å². The van der Waals surface area contributed by atoms with Gasteiger partial charge in [0.25, 0.3) is 5.91 Å². The van der Waals surface area contributed by atoms with Gasteiger partial charge >= 0.3 is 0 Å². The standard InChI is InChI=1S/C24H24N2O4/c1-3-20-19(18-6-4-5-7-21(18)30-20)15-25(2)24(29)17-10-8-16(9-11-17)14-26-22(27)12-13-23(26)28/h4-11H,3,12-15H2,1-2H3. The van der Waals surface area contributed by atoms with E-state index in [-0.39, 0.29) is 37.1 Å². The second-order valence-corrected chi connectivity index (χ2v) is 7.59. The molecule has 1 fully saturated rings. The Labute approximate surface area is 175 Å². The average Bonchev–Trinajstić information content (AvgIpc) is 3.28. The molecule has 0 bridgehead atoms. The highest BCUT2D eigenvalue weighted by Gasteiger charge is 2.28. The monoisotopic (exact) mass is 404 g/mol. The summed E-state index contributed by atoms with van der Waals surface area (Å²) in [5, 5.41) is 1.03. The van der Waals surface area contributed by atoms with Crippen molar-refractivity contribution in [2.75, 3.05) is 7.05 Å². The van der Waals surface area contributed by atoms with E-state index in [1.165, 1.54) is 4.90 Å². The van der Waals surface area contributed by atoms with Crippen LogP contribution in [0.5, 0.6) is 0 Å². The fraction of sp³-hybridized carbons (Fsp3) is 0.292. The molecule has 6 heteroatoms. The number of hydrogen-bond acceptors (Lipinski definition) is 4. The molecule has 30 heavy (non-hydrogen) atoms. The fourth-order valence-corrected chi connectivity index (χ4v) is 3.87. The van der Waals surface area contributed by atoms with Gasteiger partial charge in [0.2, 0.25) is 11.8 Å². The number of imide groups is 1. The maximum atomic E-state index is 12.9. The molecule has 1 aliphatic rings. The Bertz CT molecular complexity index is 1100. The Balaban J connectivity index is 1.48. The minimum absolute atomic E-state index is 0.0952. The predicted octanol–water partition coefficient (Wildman–Crippen LogP) is 3.92. The number of hydrogen-bond donors (Lipinski definition) is 0. The van der Waals surface area contributed by atoms with Gasteiger partial charge in [-0.1, -0.05) is 37.3 Å². The minimum Gasteiger partial charge on any atom is -0.461 e. The van der Waals surface area contributed by atoms with E-state index in [1.54, 1.807) is 36.2 Å². The van der Waals surface area contributed by atoms with Crippen molar-refractivity contribution in [2.45, 2.75) is 39.3 Å². The number of aryl methyl sites for hydroxylation is 1. The van der Waals surface area contributed by atoms with E-state index in [1.807, 2.05) is 31.2 Å². The number of furan rings is 1. The first-order valence-corrected chi connectivity index (χ1v) is 10.1. The number of likely N-dealkylation sites (tertiary alicyclic amines) is 1. The minimum atomic E-state index is -0.140. The van der Waals surface area contributed by atoms with Crippen molar-refractivity contribution < 1.29 is 18.8 Å². The van der Waals surface area contributed by atoms with E-state index < -0.39 is 0 Å². The molecule has 0 spiro atoms. The molecule has 0 unspecified atom stereocenters. The van der Waals surface area contributed by atoms with Gasteiger partial charge in [0.15, 0.2) is 0 Å². The summed E-state index contributed by atoms with van der Waals surface area (Å²) in [4.78, 5) is 39.5. The number of carbonyl (C=O) groups excluding carboxylic acids is 3. The summed E-state index contributed by atoms with van der Waals surface area (Å²) in [6.45, 7) is 2.75. The summed E-state index contributed by atoms with van der Waals surface area (Å²) in [5.74, 6) is 0.520. The third kappa shape index (κ3) is 3.73. The average molecular weight is 404 g/mol. The van der Waals surface area contributed by atoms with Crippen LogP contribution in [0.25, 0.3) is 11.0 Å². The van der Waals surface area contributed by atoms with Crippen LogP contribution < -0.4 is 0 Å². The molecule has 2 heterocycles. The lowest BCUT2D eigenvalue weighted by molar-refractivity contribution is -0.139. The van der Waals surface area contributed by atoms with Crippen LogP contribution in [0.3, 0.4) is 0 Å². The van der Waals surface area contributed by atoms with Gasteiger partial charge in [-0.3, -0.25) is 19.3 Å². The summed E-state index contributed by atoms with van der Waals surface area (Å²) in [5.41, 5.74) is 3.25. The Kier molecular flexibility index (Phi) is 5.40. The third-order valence-corrected chi connectivity index (χ3v) is 5.54. The lowest BCUT2D eigenvalue weighted by Gasteiger charge is -2.18. The van der Waals surface area contributed by atoms with Gasteiger partial charge in [-0.15, -0.1) is 0 Å². The van der Waals surface area contributed by atoms with Gasteiger partial charge in [0, 0.05) is 49.4 Å². The molecule has 154 valence electrons. The molecule has 2 aromatic carbocycles. The normalized spacial score (nSPS) is 14.0. The molecule has 3 aromatic rings. The second-order valence-electron chi connectivity index (χ2n) is 7.59. The molecule has 0 aliphatic carbocycles. The zero-order valence-electron chi connectivity index (χ0n) is 17.2. The van der Waals surface area contributed by atoms with Gasteiger partial charge < -0.3 is 9.32 Å². The van der Waals surface area contributed by atoms with E-state index in [2.05, 4.69) is 0 Å². The summed E-state index contributed by atoms with van der Waals surface area (Å²) >= 11 is 0. The molecule has 3 amide bonds. The van der Waals surface area contributed by atoms with Crippen LogP contribution in [-0.2, 0) is 29.1 Å². The quantitative estimate of drug-likeness (QED) is 0.584. The smallest absolute Gasteiger partial charge is 0.253 e. The molecule has 4 rings (SSSR count). The SMILES string of the molecule is CCc1oc2ccccc2c1CN(C)C(=O)c1ccc(CN2C(=O)CCC2=O)cc1. The molecule has 0 saturated carbocycles. The van der Waals surface area contributed by atoms with E-state index >= 15 is 0 Å². The molecular weight excluding hydrogens is 380 g/mol. The van der Waals surface area contributed by atoms with E-state index in [4.69, 9.17) is 4.42 Å². The van der Waals surface area contributed by atoms with Crippen LogP contribution in [0.2, 0.25) is 0 Å². The third-order valence-electron chi connectivity index (χ3n) is 5.54. The van der Waals surface area contributed by atoms with Crippen molar-refractivity contribution in [3.63, 3.8) is 0 Å². The second kappa shape index (κ2) is 8.14. The predicted molar refractivity (Wildman–Crippen MR) is 113 cm³/mol. The summed E-state index contributed by atoms with van der Waals surface area (Å²) in [6, 6.07) is 14.9. The Hall–Kier alpha value is -3.41. The van der Waals surface area contributed by atoms with E-state index in [0.717, 1.165) is 34.3 Å². The van der Waals surface area contributed by atoms with Crippen molar-refractivity contribution >= 4 is 28.7 Å². The Morgan fingerprint density at radius 3 is 2.37 bits per heavy atom. The molecule has 1 saturated heterocycles. The number of carbonyl (C=O) groups is 3. The number of nitrogens with zero attached hydrogens (tertiary/aromatic N) is 2. The van der Waals surface area contributed by atoms with Crippen LogP contribution in [-0.4, -0.2) is 34.6 Å². The first-order chi connectivity index (χ1) is 14.5. The molecule has 1 aliphatic heterocycles. The van der Waals surface area contributed by atoms with Gasteiger partial charge in [0.05, 0.1) is 6.54 Å². The summed E-state index contributed by atoms with van der Waals surface area (Å²) in [7, 11) is 1.78. The zero-order valence-corrected chi connectivity index (χ0v) is 17.2. The maximum absolute atomic E-state index is 12.9. The highest BCUT2D eigenvalue weighted by Crippen LogP contribution is 2.27. The molecule has 6 nitrogen and oxygen atoms in total. The van der Waals surface area contributed by atoms with Crippen molar-refractivity contribution in [1.82, 2.24) is 9.80 Å². The first-order valence-electron chi connectivity index (χ1n) is 10.1. The number of para-hydroxylation sites is 1.